The highest BCUT2D eigenvalue weighted by molar-refractivity contribution is 9.10. The average molecular weight is 542 g/mol. The van der Waals surface area contributed by atoms with Gasteiger partial charge in [-0.1, -0.05) is 12.1 Å². The number of halogens is 3. The topological polar surface area (TPSA) is 54.3 Å². The number of carbonyl (C=O) groups excluding carboxylic acids is 1. The molecule has 0 atom stereocenters. The van der Waals surface area contributed by atoms with E-state index >= 15 is 0 Å². The molecular weight excluding hydrogens is 516 g/mol. The van der Waals surface area contributed by atoms with Gasteiger partial charge >= 0.3 is 0 Å². The highest BCUT2D eigenvalue weighted by atomic mass is 79.9. The monoisotopic (exact) mass is 541 g/mol. The van der Waals surface area contributed by atoms with Crippen LogP contribution in [0.25, 0.3) is 0 Å². The van der Waals surface area contributed by atoms with E-state index in [0.29, 0.717) is 40.1 Å². The number of anilines is 2. The van der Waals surface area contributed by atoms with Crippen LogP contribution in [0.3, 0.4) is 0 Å². The van der Waals surface area contributed by atoms with Gasteiger partial charge in [-0.15, -0.1) is 0 Å². The predicted molar refractivity (Wildman–Crippen MR) is 135 cm³/mol. The molecule has 0 unspecified atom stereocenters. The quantitative estimate of drug-likeness (QED) is 0.412. The molecule has 0 spiro atoms. The lowest BCUT2D eigenvalue weighted by atomic mass is 9.89. The summed E-state index contributed by atoms with van der Waals surface area (Å²) in [4.78, 5) is 28.6. The summed E-state index contributed by atoms with van der Waals surface area (Å²) >= 11 is 3.44. The second-order valence-corrected chi connectivity index (χ2v) is 10.2. The molecule has 2 heterocycles. The third kappa shape index (κ3) is 4.89. The minimum absolute atomic E-state index is 0.108. The highest BCUT2D eigenvalue weighted by Gasteiger charge is 2.31. The van der Waals surface area contributed by atoms with Gasteiger partial charge in [0.25, 0.3) is 11.5 Å². The summed E-state index contributed by atoms with van der Waals surface area (Å²) in [6.45, 7) is 2.90. The zero-order valence-corrected chi connectivity index (χ0v) is 20.9. The molecule has 1 N–H and O–H groups in total. The fraction of sp³-hybridized carbons (Fsp3) is 0.333. The number of carbonyl (C=O) groups is 1. The average Bonchev–Trinajstić information content (AvgIpc) is 3.69. The molecule has 1 saturated heterocycles. The molecule has 1 saturated carbocycles. The van der Waals surface area contributed by atoms with E-state index in [1.54, 1.807) is 23.8 Å². The molecule has 0 radical (unpaired) electrons. The minimum atomic E-state index is -0.350. The van der Waals surface area contributed by atoms with Gasteiger partial charge in [0.15, 0.2) is 0 Å². The summed E-state index contributed by atoms with van der Waals surface area (Å²) in [6.07, 6.45) is 5.04. The van der Waals surface area contributed by atoms with Crippen molar-refractivity contribution in [2.24, 2.45) is 0 Å². The first-order valence-electron chi connectivity index (χ1n) is 11.8. The van der Waals surface area contributed by atoms with Crippen molar-refractivity contribution in [1.29, 1.82) is 0 Å². The van der Waals surface area contributed by atoms with Gasteiger partial charge in [-0.2, -0.15) is 0 Å². The van der Waals surface area contributed by atoms with Crippen molar-refractivity contribution in [3.05, 3.63) is 91.8 Å². The van der Waals surface area contributed by atoms with E-state index < -0.39 is 0 Å². The Labute approximate surface area is 210 Å². The molecule has 3 aromatic rings. The first-order valence-corrected chi connectivity index (χ1v) is 12.6. The number of pyridine rings is 1. The van der Waals surface area contributed by atoms with Crippen LogP contribution in [0.1, 0.15) is 59.1 Å². The molecule has 2 aliphatic rings. The number of nitrogens with one attached hydrogen (secondary N) is 1. The number of amides is 1. The van der Waals surface area contributed by atoms with E-state index in [-0.39, 0.29) is 35.1 Å². The molecule has 35 heavy (non-hydrogen) atoms. The Morgan fingerprint density at radius 1 is 1.00 bits per heavy atom. The van der Waals surface area contributed by atoms with Crippen LogP contribution in [0.2, 0.25) is 0 Å². The number of nitrogens with zero attached hydrogens (tertiary/aromatic N) is 2. The van der Waals surface area contributed by atoms with E-state index in [4.69, 9.17) is 0 Å². The Morgan fingerprint density at radius 2 is 1.66 bits per heavy atom. The van der Waals surface area contributed by atoms with Crippen LogP contribution in [-0.4, -0.2) is 28.5 Å². The lowest BCUT2D eigenvalue weighted by Gasteiger charge is -2.33. The minimum Gasteiger partial charge on any atom is -0.354 e. The van der Waals surface area contributed by atoms with E-state index in [1.807, 2.05) is 17.0 Å². The Balaban J connectivity index is 1.44. The van der Waals surface area contributed by atoms with E-state index in [1.165, 1.54) is 24.3 Å². The number of hydrogen-bond acceptors (Lipinski definition) is 3. The van der Waals surface area contributed by atoms with Gasteiger partial charge in [0.05, 0.1) is 11.3 Å². The molecule has 1 aliphatic heterocycles. The predicted octanol–water partition coefficient (Wildman–Crippen LogP) is 6.30. The Bertz CT molecular complexity index is 1330. The Kier molecular flexibility index (Phi) is 6.49. The van der Waals surface area contributed by atoms with Gasteiger partial charge in [-0.25, -0.2) is 8.78 Å². The second kappa shape index (κ2) is 9.57. The molecule has 1 amide bonds. The summed E-state index contributed by atoms with van der Waals surface area (Å²) in [5.74, 6) is -0.489. The van der Waals surface area contributed by atoms with Gasteiger partial charge in [0.1, 0.15) is 16.1 Å². The third-order valence-corrected chi connectivity index (χ3v) is 7.66. The summed E-state index contributed by atoms with van der Waals surface area (Å²) < 4.78 is 28.9. The van der Waals surface area contributed by atoms with Crippen molar-refractivity contribution in [3.63, 3.8) is 0 Å². The highest BCUT2D eigenvalue weighted by Crippen LogP contribution is 2.37. The lowest BCUT2D eigenvalue weighted by molar-refractivity contribution is 0.0713. The number of piperidine rings is 1. The lowest BCUT2D eigenvalue weighted by Crippen LogP contribution is -2.39. The molecule has 5 rings (SSSR count). The maximum atomic E-state index is 13.7. The molecule has 1 aromatic heterocycles. The van der Waals surface area contributed by atoms with Crippen LogP contribution >= 0.6 is 15.9 Å². The summed E-state index contributed by atoms with van der Waals surface area (Å²) in [5, 5.41) is 3.21. The zero-order valence-electron chi connectivity index (χ0n) is 19.4. The van der Waals surface area contributed by atoms with Gasteiger partial charge in [-0.05, 0) is 95.9 Å². The number of rotatable bonds is 5. The molecule has 182 valence electrons. The van der Waals surface area contributed by atoms with E-state index in [0.717, 1.165) is 31.2 Å². The van der Waals surface area contributed by atoms with Crippen molar-refractivity contribution in [2.75, 3.05) is 18.4 Å². The van der Waals surface area contributed by atoms with Crippen LogP contribution in [-0.2, 0) is 0 Å². The van der Waals surface area contributed by atoms with Crippen molar-refractivity contribution in [2.45, 2.75) is 44.6 Å². The maximum absolute atomic E-state index is 13.7. The number of likely N-dealkylation sites (tertiary alicyclic amines) is 1. The van der Waals surface area contributed by atoms with Gasteiger partial charge in [0.2, 0.25) is 0 Å². The van der Waals surface area contributed by atoms with E-state index in [9.17, 15) is 18.4 Å². The molecular formula is C27H26BrF2N3O2. The van der Waals surface area contributed by atoms with Crippen LogP contribution in [0, 0.1) is 18.6 Å². The smallest absolute Gasteiger partial charge is 0.267 e. The second-order valence-electron chi connectivity index (χ2n) is 9.38. The van der Waals surface area contributed by atoms with Gasteiger partial charge in [0, 0.05) is 31.0 Å². The molecule has 1 aliphatic carbocycles. The summed E-state index contributed by atoms with van der Waals surface area (Å²) in [6, 6.07) is 11.0. The first kappa shape index (κ1) is 23.7. The normalized spacial score (nSPS) is 16.4. The fourth-order valence-electron chi connectivity index (χ4n) is 4.73. The van der Waals surface area contributed by atoms with Crippen LogP contribution < -0.4 is 10.9 Å². The summed E-state index contributed by atoms with van der Waals surface area (Å²) in [5.41, 5.74) is 2.99. The number of benzene rings is 2. The number of aryl methyl sites for hydroxylation is 1. The Hall–Kier alpha value is -3.00. The number of hydrogen-bond donors (Lipinski definition) is 1. The van der Waals surface area contributed by atoms with Crippen LogP contribution in [0.4, 0.5) is 20.2 Å². The number of aromatic nitrogens is 1. The molecule has 0 bridgehead atoms. The maximum Gasteiger partial charge on any atom is 0.267 e. The van der Waals surface area contributed by atoms with Crippen molar-refractivity contribution in [3.8, 4) is 0 Å². The van der Waals surface area contributed by atoms with Crippen molar-refractivity contribution in [1.82, 2.24) is 9.47 Å². The molecule has 2 aromatic carbocycles. The van der Waals surface area contributed by atoms with Gasteiger partial charge in [-0.3, -0.25) is 9.59 Å². The van der Waals surface area contributed by atoms with Crippen LogP contribution in [0.15, 0.2) is 57.9 Å². The molecule has 2 fully saturated rings. The zero-order chi connectivity index (χ0) is 24.7. The van der Waals surface area contributed by atoms with Crippen molar-refractivity contribution >= 4 is 33.2 Å². The van der Waals surface area contributed by atoms with Gasteiger partial charge < -0.3 is 14.8 Å². The first-order chi connectivity index (χ1) is 16.8. The van der Waals surface area contributed by atoms with Crippen molar-refractivity contribution < 1.29 is 13.6 Å². The standard InChI is InChI=1S/C27H26BrF2N3O2/c1-16-14-20(30)6-9-23(16)31-25-22(15-33(21-7-8-21)27(35)24(25)28)26(34)32-12-10-18(11-13-32)17-2-4-19(29)5-3-17/h2-6,9,14-15,18,21,31H,7-8,10-13H2,1H3. The fourth-order valence-corrected chi connectivity index (χ4v) is 5.25. The molecule has 8 heteroatoms. The van der Waals surface area contributed by atoms with E-state index in [2.05, 4.69) is 21.2 Å². The SMILES string of the molecule is Cc1cc(F)ccc1Nc1c(C(=O)N2CCC(c3ccc(F)cc3)CC2)cn(C2CC2)c(=O)c1Br. The Morgan fingerprint density at radius 3 is 2.29 bits per heavy atom. The third-order valence-electron chi connectivity index (χ3n) is 6.92. The van der Waals surface area contributed by atoms with Crippen LogP contribution in [0.5, 0.6) is 0 Å². The molecule has 5 nitrogen and oxygen atoms in total. The summed E-state index contributed by atoms with van der Waals surface area (Å²) in [7, 11) is 0. The largest absolute Gasteiger partial charge is 0.354 e.